The fraction of sp³-hybridized carbons (Fsp3) is 0.625. The second kappa shape index (κ2) is 5.98. The second-order valence-corrected chi connectivity index (χ2v) is 5.95. The molecule has 1 N–H and O–H groups in total. The number of alkyl halides is 2. The lowest BCUT2D eigenvalue weighted by Crippen LogP contribution is -2.12. The summed E-state index contributed by atoms with van der Waals surface area (Å²) in [6, 6.07) is 5.25. The van der Waals surface area contributed by atoms with Gasteiger partial charge in [0.15, 0.2) is 0 Å². The summed E-state index contributed by atoms with van der Waals surface area (Å²) in [4.78, 5) is 0. The third kappa shape index (κ3) is 3.05. The van der Waals surface area contributed by atoms with Crippen molar-refractivity contribution in [1.29, 1.82) is 0 Å². The molecule has 0 saturated heterocycles. The van der Waals surface area contributed by atoms with Crippen molar-refractivity contribution in [2.45, 2.75) is 51.1 Å². The molecule has 110 valence electrons. The molecule has 1 heterocycles. The Bertz CT molecular complexity index is 458. The van der Waals surface area contributed by atoms with Crippen LogP contribution in [0.4, 0.5) is 14.5 Å². The van der Waals surface area contributed by atoms with Crippen LogP contribution < -0.4 is 10.1 Å². The van der Waals surface area contributed by atoms with Crippen molar-refractivity contribution < 1.29 is 13.5 Å². The van der Waals surface area contributed by atoms with Crippen molar-refractivity contribution in [2.24, 2.45) is 5.92 Å². The Morgan fingerprint density at radius 2 is 2.00 bits per heavy atom. The highest BCUT2D eigenvalue weighted by Gasteiger charge is 2.26. The average Bonchev–Trinajstić information content (AvgIpc) is 2.82. The average molecular weight is 281 g/mol. The topological polar surface area (TPSA) is 21.3 Å². The number of halogens is 2. The lowest BCUT2D eigenvalue weighted by Gasteiger charge is -2.24. The SMILES string of the molecule is FC(F)Oc1ccc2c(c1)C(CC1CCCCC1)CN2. The summed E-state index contributed by atoms with van der Waals surface area (Å²) in [6.07, 6.45) is 7.84. The summed E-state index contributed by atoms with van der Waals surface area (Å²) < 4.78 is 29.1. The standard InChI is InChI=1S/C16H21F2NO/c17-16(18)20-13-6-7-15-14(9-13)12(10-19-15)8-11-4-2-1-3-5-11/h6-7,9,11-12,16,19H,1-5,8,10H2. The van der Waals surface area contributed by atoms with Gasteiger partial charge >= 0.3 is 6.61 Å². The van der Waals surface area contributed by atoms with E-state index < -0.39 is 6.61 Å². The zero-order valence-corrected chi connectivity index (χ0v) is 11.6. The molecule has 0 amide bonds. The predicted octanol–water partition coefficient (Wildman–Crippen LogP) is 4.77. The summed E-state index contributed by atoms with van der Waals surface area (Å²) in [7, 11) is 0. The molecule has 0 spiro atoms. The molecule has 20 heavy (non-hydrogen) atoms. The first kappa shape index (κ1) is 13.7. The van der Waals surface area contributed by atoms with Crippen molar-refractivity contribution in [3.05, 3.63) is 23.8 Å². The summed E-state index contributed by atoms with van der Waals surface area (Å²) in [5, 5.41) is 3.38. The zero-order valence-electron chi connectivity index (χ0n) is 11.6. The summed E-state index contributed by atoms with van der Waals surface area (Å²) >= 11 is 0. The number of benzene rings is 1. The molecule has 1 aromatic carbocycles. The van der Waals surface area contributed by atoms with Crippen LogP contribution >= 0.6 is 0 Å². The molecular formula is C16H21F2NO. The quantitative estimate of drug-likeness (QED) is 0.858. The Hall–Kier alpha value is -1.32. The number of hydrogen-bond donors (Lipinski definition) is 1. The first-order valence-electron chi connectivity index (χ1n) is 7.55. The van der Waals surface area contributed by atoms with Crippen LogP contribution in [0, 0.1) is 5.92 Å². The van der Waals surface area contributed by atoms with Gasteiger partial charge < -0.3 is 10.1 Å². The molecule has 1 atom stereocenters. The van der Waals surface area contributed by atoms with Gasteiger partial charge in [-0.05, 0) is 36.1 Å². The van der Waals surface area contributed by atoms with Gasteiger partial charge in [0.05, 0.1) is 0 Å². The highest BCUT2D eigenvalue weighted by atomic mass is 19.3. The Labute approximate surface area is 118 Å². The number of ether oxygens (including phenoxy) is 1. The molecule has 1 aliphatic carbocycles. The molecule has 2 aliphatic rings. The Morgan fingerprint density at radius 3 is 2.75 bits per heavy atom. The minimum atomic E-state index is -2.75. The van der Waals surface area contributed by atoms with Crippen LogP contribution in [0.5, 0.6) is 5.75 Å². The molecule has 1 saturated carbocycles. The molecule has 3 rings (SSSR count). The fourth-order valence-corrected chi connectivity index (χ4v) is 3.59. The van der Waals surface area contributed by atoms with E-state index in [0.717, 1.165) is 30.1 Å². The van der Waals surface area contributed by atoms with Crippen LogP contribution in [0.25, 0.3) is 0 Å². The summed E-state index contributed by atoms with van der Waals surface area (Å²) in [5.41, 5.74) is 2.22. The van der Waals surface area contributed by atoms with E-state index in [1.54, 1.807) is 12.1 Å². The van der Waals surface area contributed by atoms with Gasteiger partial charge in [0.25, 0.3) is 0 Å². The maximum atomic E-state index is 12.3. The van der Waals surface area contributed by atoms with Gasteiger partial charge in [-0.2, -0.15) is 8.78 Å². The minimum absolute atomic E-state index is 0.274. The van der Waals surface area contributed by atoms with E-state index in [1.165, 1.54) is 32.1 Å². The third-order valence-electron chi connectivity index (χ3n) is 4.57. The van der Waals surface area contributed by atoms with Crippen LogP contribution in [0.15, 0.2) is 18.2 Å². The van der Waals surface area contributed by atoms with Crippen LogP contribution in [0.1, 0.15) is 50.0 Å². The Balaban J connectivity index is 1.70. The number of fused-ring (bicyclic) bond motifs is 1. The van der Waals surface area contributed by atoms with Gasteiger partial charge in [0.2, 0.25) is 0 Å². The predicted molar refractivity (Wildman–Crippen MR) is 75.5 cm³/mol. The van der Waals surface area contributed by atoms with Gasteiger partial charge in [-0.3, -0.25) is 0 Å². The monoisotopic (exact) mass is 281 g/mol. The van der Waals surface area contributed by atoms with E-state index in [0.29, 0.717) is 5.92 Å². The highest BCUT2D eigenvalue weighted by Crippen LogP contribution is 2.40. The van der Waals surface area contributed by atoms with Gasteiger partial charge in [0, 0.05) is 18.2 Å². The third-order valence-corrected chi connectivity index (χ3v) is 4.57. The number of hydrogen-bond acceptors (Lipinski definition) is 2. The van der Waals surface area contributed by atoms with E-state index >= 15 is 0 Å². The van der Waals surface area contributed by atoms with Crippen molar-refractivity contribution in [2.75, 3.05) is 11.9 Å². The minimum Gasteiger partial charge on any atom is -0.435 e. The number of anilines is 1. The summed E-state index contributed by atoms with van der Waals surface area (Å²) in [5.74, 6) is 1.51. The Morgan fingerprint density at radius 1 is 1.20 bits per heavy atom. The first-order chi connectivity index (χ1) is 9.72. The van der Waals surface area contributed by atoms with E-state index in [9.17, 15) is 8.78 Å². The van der Waals surface area contributed by atoms with Crippen molar-refractivity contribution in [1.82, 2.24) is 0 Å². The molecule has 1 aliphatic heterocycles. The molecule has 2 nitrogen and oxygen atoms in total. The fourth-order valence-electron chi connectivity index (χ4n) is 3.59. The molecular weight excluding hydrogens is 260 g/mol. The van der Waals surface area contributed by atoms with Gasteiger partial charge in [-0.15, -0.1) is 0 Å². The van der Waals surface area contributed by atoms with Crippen LogP contribution in [-0.4, -0.2) is 13.2 Å². The van der Waals surface area contributed by atoms with Crippen molar-refractivity contribution in [3.8, 4) is 5.75 Å². The lowest BCUT2D eigenvalue weighted by atomic mass is 9.81. The zero-order chi connectivity index (χ0) is 13.9. The van der Waals surface area contributed by atoms with E-state index in [-0.39, 0.29) is 5.75 Å². The van der Waals surface area contributed by atoms with E-state index in [4.69, 9.17) is 0 Å². The molecule has 0 aromatic heterocycles. The largest absolute Gasteiger partial charge is 0.435 e. The van der Waals surface area contributed by atoms with Crippen LogP contribution in [-0.2, 0) is 0 Å². The van der Waals surface area contributed by atoms with Gasteiger partial charge in [-0.1, -0.05) is 32.1 Å². The van der Waals surface area contributed by atoms with Gasteiger partial charge in [0.1, 0.15) is 5.75 Å². The first-order valence-corrected chi connectivity index (χ1v) is 7.55. The summed E-state index contributed by atoms with van der Waals surface area (Å²) in [6.45, 7) is -1.83. The lowest BCUT2D eigenvalue weighted by molar-refractivity contribution is -0.0498. The molecule has 0 radical (unpaired) electrons. The van der Waals surface area contributed by atoms with Crippen molar-refractivity contribution in [3.63, 3.8) is 0 Å². The smallest absolute Gasteiger partial charge is 0.387 e. The number of rotatable bonds is 4. The molecule has 0 bridgehead atoms. The van der Waals surface area contributed by atoms with Gasteiger partial charge in [-0.25, -0.2) is 0 Å². The molecule has 1 aromatic rings. The van der Waals surface area contributed by atoms with Crippen molar-refractivity contribution >= 4 is 5.69 Å². The molecule has 1 unspecified atom stereocenters. The Kier molecular flexibility index (Phi) is 4.08. The molecule has 1 fully saturated rings. The number of nitrogens with one attached hydrogen (secondary N) is 1. The second-order valence-electron chi connectivity index (χ2n) is 5.95. The van der Waals surface area contributed by atoms with Crippen LogP contribution in [0.2, 0.25) is 0 Å². The normalized spacial score (nSPS) is 22.6. The maximum absolute atomic E-state index is 12.3. The van der Waals surface area contributed by atoms with E-state index in [1.807, 2.05) is 6.07 Å². The highest BCUT2D eigenvalue weighted by molar-refractivity contribution is 5.60. The maximum Gasteiger partial charge on any atom is 0.387 e. The molecule has 4 heteroatoms. The van der Waals surface area contributed by atoms with E-state index in [2.05, 4.69) is 10.1 Å². The van der Waals surface area contributed by atoms with Crippen LogP contribution in [0.3, 0.4) is 0 Å².